The topological polar surface area (TPSA) is 33.1 Å². The second kappa shape index (κ2) is 5.32. The molecular formula is C11H19NOS2. The summed E-state index contributed by atoms with van der Waals surface area (Å²) in [6.07, 6.45) is 0.392. The van der Waals surface area contributed by atoms with E-state index in [1.807, 2.05) is 12.3 Å². The van der Waals surface area contributed by atoms with Crippen molar-refractivity contribution in [1.82, 2.24) is 4.98 Å². The van der Waals surface area contributed by atoms with Crippen LogP contribution in [-0.2, 0) is 6.42 Å². The van der Waals surface area contributed by atoms with Crippen LogP contribution in [0.15, 0.2) is 5.38 Å². The molecule has 0 aliphatic heterocycles. The summed E-state index contributed by atoms with van der Waals surface area (Å²) in [5.74, 6) is 0.778. The van der Waals surface area contributed by atoms with Gasteiger partial charge >= 0.3 is 0 Å². The SMILES string of the molecule is Cc1nc(CC(O)CSC(C)(C)C)cs1. The van der Waals surface area contributed by atoms with E-state index in [-0.39, 0.29) is 10.9 Å². The van der Waals surface area contributed by atoms with Crippen LogP contribution in [0.4, 0.5) is 0 Å². The fourth-order valence-electron chi connectivity index (χ4n) is 1.15. The molecule has 4 heteroatoms. The van der Waals surface area contributed by atoms with Crippen molar-refractivity contribution in [1.29, 1.82) is 0 Å². The normalized spacial score (nSPS) is 14.2. The van der Waals surface area contributed by atoms with E-state index in [4.69, 9.17) is 0 Å². The Morgan fingerprint density at radius 1 is 1.53 bits per heavy atom. The van der Waals surface area contributed by atoms with Gasteiger partial charge in [-0.2, -0.15) is 11.8 Å². The van der Waals surface area contributed by atoms with E-state index in [2.05, 4.69) is 25.8 Å². The molecular weight excluding hydrogens is 226 g/mol. The van der Waals surface area contributed by atoms with E-state index in [1.54, 1.807) is 23.1 Å². The molecule has 1 rings (SSSR count). The Morgan fingerprint density at radius 3 is 2.67 bits per heavy atom. The van der Waals surface area contributed by atoms with Crippen LogP contribution in [0.25, 0.3) is 0 Å². The molecule has 1 aromatic rings. The average molecular weight is 245 g/mol. The molecule has 15 heavy (non-hydrogen) atoms. The number of aliphatic hydroxyl groups is 1. The van der Waals surface area contributed by atoms with Gasteiger partial charge in [-0.25, -0.2) is 4.98 Å². The first-order chi connectivity index (χ1) is 6.87. The van der Waals surface area contributed by atoms with Gasteiger partial charge in [-0.15, -0.1) is 11.3 Å². The first kappa shape index (κ1) is 13.0. The second-order valence-electron chi connectivity index (χ2n) is 4.64. The lowest BCUT2D eigenvalue weighted by Crippen LogP contribution is -2.19. The molecule has 86 valence electrons. The van der Waals surface area contributed by atoms with Crippen molar-refractivity contribution in [3.8, 4) is 0 Å². The highest BCUT2D eigenvalue weighted by Crippen LogP contribution is 2.24. The van der Waals surface area contributed by atoms with Crippen molar-refractivity contribution in [3.63, 3.8) is 0 Å². The van der Waals surface area contributed by atoms with Crippen LogP contribution in [0.5, 0.6) is 0 Å². The van der Waals surface area contributed by atoms with Gasteiger partial charge < -0.3 is 5.11 Å². The smallest absolute Gasteiger partial charge is 0.0897 e. The van der Waals surface area contributed by atoms with Gasteiger partial charge in [0.1, 0.15) is 0 Å². The van der Waals surface area contributed by atoms with E-state index < -0.39 is 0 Å². The minimum atomic E-state index is -0.282. The molecule has 1 aromatic heterocycles. The number of nitrogens with zero attached hydrogens (tertiary/aromatic N) is 1. The number of thioether (sulfide) groups is 1. The van der Waals surface area contributed by atoms with Gasteiger partial charge in [-0.05, 0) is 6.92 Å². The molecule has 0 aliphatic carbocycles. The van der Waals surface area contributed by atoms with Gasteiger partial charge in [-0.1, -0.05) is 20.8 Å². The molecule has 0 bridgehead atoms. The number of hydrogen-bond acceptors (Lipinski definition) is 4. The highest BCUT2D eigenvalue weighted by Gasteiger charge is 2.15. The molecule has 0 aromatic carbocycles. The van der Waals surface area contributed by atoms with Gasteiger partial charge in [0.2, 0.25) is 0 Å². The molecule has 0 radical (unpaired) electrons. The summed E-state index contributed by atoms with van der Waals surface area (Å²) in [6.45, 7) is 8.48. The largest absolute Gasteiger partial charge is 0.392 e. The predicted octanol–water partition coefficient (Wildman–Crippen LogP) is 2.89. The Kier molecular flexibility index (Phi) is 4.62. The number of aryl methyl sites for hydroxylation is 1. The molecule has 1 heterocycles. The number of thiazole rings is 1. The molecule has 0 saturated heterocycles. The Hall–Kier alpha value is -0.0600. The Bertz CT molecular complexity index is 304. The monoisotopic (exact) mass is 245 g/mol. The van der Waals surface area contributed by atoms with E-state index in [1.165, 1.54) is 0 Å². The minimum absolute atomic E-state index is 0.221. The maximum absolute atomic E-state index is 9.82. The third-order valence-corrected chi connectivity index (χ3v) is 4.06. The lowest BCUT2D eigenvalue weighted by atomic mass is 10.2. The number of hydrogen-bond donors (Lipinski definition) is 1. The van der Waals surface area contributed by atoms with Gasteiger partial charge in [0.25, 0.3) is 0 Å². The quantitative estimate of drug-likeness (QED) is 0.885. The fraction of sp³-hybridized carbons (Fsp3) is 0.727. The van der Waals surface area contributed by atoms with Gasteiger partial charge in [0, 0.05) is 22.3 Å². The van der Waals surface area contributed by atoms with Crippen LogP contribution < -0.4 is 0 Å². The van der Waals surface area contributed by atoms with E-state index in [0.717, 1.165) is 16.5 Å². The van der Waals surface area contributed by atoms with Crippen molar-refractivity contribution in [2.24, 2.45) is 0 Å². The lowest BCUT2D eigenvalue weighted by molar-refractivity contribution is 0.198. The van der Waals surface area contributed by atoms with E-state index >= 15 is 0 Å². The Labute approximate surface area is 100 Å². The molecule has 1 unspecified atom stereocenters. The van der Waals surface area contributed by atoms with Crippen molar-refractivity contribution in [2.45, 2.75) is 45.0 Å². The Balaban J connectivity index is 2.33. The average Bonchev–Trinajstić information content (AvgIpc) is 2.47. The zero-order valence-corrected chi connectivity index (χ0v) is 11.4. The summed E-state index contributed by atoms with van der Waals surface area (Å²) < 4.78 is 0.221. The van der Waals surface area contributed by atoms with Crippen LogP contribution in [-0.4, -0.2) is 26.7 Å². The first-order valence-corrected chi connectivity index (χ1v) is 6.96. The predicted molar refractivity (Wildman–Crippen MR) is 68.8 cm³/mol. The molecule has 0 spiro atoms. The highest BCUT2D eigenvalue weighted by atomic mass is 32.2. The lowest BCUT2D eigenvalue weighted by Gasteiger charge is -2.19. The van der Waals surface area contributed by atoms with Crippen LogP contribution in [0, 0.1) is 6.92 Å². The molecule has 0 amide bonds. The fourth-order valence-corrected chi connectivity index (χ4v) is 2.58. The minimum Gasteiger partial charge on any atom is -0.392 e. The van der Waals surface area contributed by atoms with Crippen molar-refractivity contribution in [3.05, 3.63) is 16.1 Å². The molecule has 1 N–H and O–H groups in total. The second-order valence-corrected chi connectivity index (χ2v) is 7.55. The van der Waals surface area contributed by atoms with Crippen LogP contribution in [0.3, 0.4) is 0 Å². The molecule has 0 aliphatic rings. The summed E-state index contributed by atoms with van der Waals surface area (Å²) in [7, 11) is 0. The van der Waals surface area contributed by atoms with Crippen LogP contribution >= 0.6 is 23.1 Å². The van der Waals surface area contributed by atoms with Crippen LogP contribution in [0.1, 0.15) is 31.5 Å². The molecule has 0 fully saturated rings. The van der Waals surface area contributed by atoms with Gasteiger partial charge in [-0.3, -0.25) is 0 Å². The third kappa shape index (κ3) is 5.54. The maximum atomic E-state index is 9.82. The van der Waals surface area contributed by atoms with E-state index in [0.29, 0.717) is 6.42 Å². The van der Waals surface area contributed by atoms with Crippen molar-refractivity contribution in [2.75, 3.05) is 5.75 Å². The van der Waals surface area contributed by atoms with Gasteiger partial charge in [0.15, 0.2) is 0 Å². The number of aromatic nitrogens is 1. The summed E-state index contributed by atoms with van der Waals surface area (Å²) in [6, 6.07) is 0. The van der Waals surface area contributed by atoms with E-state index in [9.17, 15) is 5.11 Å². The summed E-state index contributed by atoms with van der Waals surface area (Å²) in [5, 5.41) is 12.9. The maximum Gasteiger partial charge on any atom is 0.0897 e. The number of rotatable bonds is 4. The van der Waals surface area contributed by atoms with Crippen molar-refractivity contribution >= 4 is 23.1 Å². The zero-order chi connectivity index (χ0) is 11.5. The third-order valence-electron chi connectivity index (χ3n) is 1.82. The summed E-state index contributed by atoms with van der Waals surface area (Å²) in [5.41, 5.74) is 1.01. The molecule has 2 nitrogen and oxygen atoms in total. The highest BCUT2D eigenvalue weighted by molar-refractivity contribution is 8.00. The summed E-state index contributed by atoms with van der Waals surface area (Å²) >= 11 is 3.43. The Morgan fingerprint density at radius 2 is 2.20 bits per heavy atom. The first-order valence-electron chi connectivity index (χ1n) is 5.10. The van der Waals surface area contributed by atoms with Crippen LogP contribution in [0.2, 0.25) is 0 Å². The number of aliphatic hydroxyl groups excluding tert-OH is 1. The zero-order valence-electron chi connectivity index (χ0n) is 9.78. The van der Waals surface area contributed by atoms with Crippen molar-refractivity contribution < 1.29 is 5.11 Å². The standard InChI is InChI=1S/C11H19NOS2/c1-8-12-9(6-14-8)5-10(13)7-15-11(2,3)4/h6,10,13H,5,7H2,1-4H3. The molecule has 0 saturated carbocycles. The molecule has 1 atom stereocenters. The van der Waals surface area contributed by atoms with Gasteiger partial charge in [0.05, 0.1) is 16.8 Å². The summed E-state index contributed by atoms with van der Waals surface area (Å²) in [4.78, 5) is 4.34.